The van der Waals surface area contributed by atoms with Crippen molar-refractivity contribution in [1.82, 2.24) is 10.2 Å². The molecule has 16 heavy (non-hydrogen) atoms. The number of nitrogens with zero attached hydrogens (tertiary/aromatic N) is 1. The quantitative estimate of drug-likeness (QED) is 0.770. The second kappa shape index (κ2) is 4.66. The first-order chi connectivity index (χ1) is 7.84. The van der Waals surface area contributed by atoms with Crippen molar-refractivity contribution in [3.05, 3.63) is 0 Å². The normalized spacial score (nSPS) is 44.8. The van der Waals surface area contributed by atoms with E-state index in [0.29, 0.717) is 0 Å². The van der Waals surface area contributed by atoms with Crippen LogP contribution in [0.3, 0.4) is 0 Å². The number of rotatable bonds is 2. The topological polar surface area (TPSA) is 15.3 Å². The van der Waals surface area contributed by atoms with Crippen LogP contribution in [-0.2, 0) is 0 Å². The molecule has 0 bridgehead atoms. The third-order valence-electron chi connectivity index (χ3n) is 5.27. The lowest BCUT2D eigenvalue weighted by Crippen LogP contribution is -2.39. The van der Waals surface area contributed by atoms with Crippen molar-refractivity contribution in [2.75, 3.05) is 26.2 Å². The first-order valence-corrected chi connectivity index (χ1v) is 7.29. The molecule has 1 N–H and O–H groups in total. The Bertz CT molecular complexity index is 241. The van der Waals surface area contributed by atoms with Crippen LogP contribution in [0, 0.1) is 17.8 Å². The van der Waals surface area contributed by atoms with E-state index in [1.165, 1.54) is 58.3 Å². The largest absolute Gasteiger partial charge is 0.316 e. The smallest absolute Gasteiger partial charge is 0.0124 e. The van der Waals surface area contributed by atoms with Crippen molar-refractivity contribution in [2.24, 2.45) is 17.8 Å². The lowest BCUT2D eigenvalue weighted by atomic mass is 9.85. The molecule has 92 valence electrons. The Morgan fingerprint density at radius 3 is 2.81 bits per heavy atom. The van der Waals surface area contributed by atoms with E-state index in [0.717, 1.165) is 23.8 Å². The standard InChI is InChI=1S/C14H26N2/c1-11-8-15-9-13(11)10-16-7-6-12-4-2-3-5-14(12)16/h11-15H,2-10H2,1H3. The van der Waals surface area contributed by atoms with Crippen molar-refractivity contribution < 1.29 is 0 Å². The summed E-state index contributed by atoms with van der Waals surface area (Å²) in [7, 11) is 0. The zero-order valence-corrected chi connectivity index (χ0v) is 10.6. The lowest BCUT2D eigenvalue weighted by Gasteiger charge is -2.33. The van der Waals surface area contributed by atoms with E-state index in [-0.39, 0.29) is 0 Å². The highest BCUT2D eigenvalue weighted by Crippen LogP contribution is 2.37. The molecule has 2 heterocycles. The highest BCUT2D eigenvalue weighted by Gasteiger charge is 2.37. The summed E-state index contributed by atoms with van der Waals surface area (Å²) in [4.78, 5) is 2.83. The zero-order chi connectivity index (χ0) is 11.0. The molecule has 2 nitrogen and oxygen atoms in total. The van der Waals surface area contributed by atoms with Crippen LogP contribution in [0.1, 0.15) is 39.0 Å². The Labute approximate surface area is 99.8 Å². The molecule has 3 fully saturated rings. The van der Waals surface area contributed by atoms with Crippen LogP contribution in [0.4, 0.5) is 0 Å². The molecule has 3 rings (SSSR count). The van der Waals surface area contributed by atoms with Crippen molar-refractivity contribution in [2.45, 2.75) is 45.1 Å². The van der Waals surface area contributed by atoms with E-state index in [9.17, 15) is 0 Å². The molecule has 0 spiro atoms. The second-order valence-corrected chi connectivity index (χ2v) is 6.29. The Morgan fingerprint density at radius 1 is 1.12 bits per heavy atom. The minimum atomic E-state index is 0.891. The van der Waals surface area contributed by atoms with E-state index >= 15 is 0 Å². The number of nitrogens with one attached hydrogen (secondary N) is 1. The van der Waals surface area contributed by atoms with Gasteiger partial charge in [-0.1, -0.05) is 19.8 Å². The minimum Gasteiger partial charge on any atom is -0.316 e. The summed E-state index contributed by atoms with van der Waals surface area (Å²) in [6, 6.07) is 0.960. The Kier molecular flexibility index (Phi) is 3.21. The molecule has 2 aliphatic heterocycles. The molecule has 2 heteroatoms. The lowest BCUT2D eigenvalue weighted by molar-refractivity contribution is 0.154. The van der Waals surface area contributed by atoms with E-state index in [1.807, 2.05) is 0 Å². The fourth-order valence-corrected chi connectivity index (χ4v) is 4.14. The van der Waals surface area contributed by atoms with Crippen LogP contribution in [0.2, 0.25) is 0 Å². The minimum absolute atomic E-state index is 0.891. The van der Waals surface area contributed by atoms with Crippen LogP contribution in [0.5, 0.6) is 0 Å². The number of hydrogen-bond donors (Lipinski definition) is 1. The van der Waals surface area contributed by atoms with Crippen LogP contribution < -0.4 is 5.32 Å². The fraction of sp³-hybridized carbons (Fsp3) is 1.00. The molecule has 3 aliphatic rings. The molecule has 0 aromatic heterocycles. The van der Waals surface area contributed by atoms with Crippen molar-refractivity contribution in [3.8, 4) is 0 Å². The van der Waals surface area contributed by atoms with Crippen LogP contribution in [0.15, 0.2) is 0 Å². The maximum atomic E-state index is 3.54. The summed E-state index contributed by atoms with van der Waals surface area (Å²) in [6.07, 6.45) is 7.46. The summed E-state index contributed by atoms with van der Waals surface area (Å²) in [6.45, 7) is 7.68. The molecule has 4 unspecified atom stereocenters. The van der Waals surface area contributed by atoms with Crippen molar-refractivity contribution in [1.29, 1.82) is 0 Å². The molecule has 4 atom stereocenters. The van der Waals surface area contributed by atoms with Crippen LogP contribution in [0.25, 0.3) is 0 Å². The van der Waals surface area contributed by atoms with E-state index in [1.54, 1.807) is 0 Å². The number of likely N-dealkylation sites (tertiary alicyclic amines) is 1. The number of fused-ring (bicyclic) bond motifs is 1. The average Bonchev–Trinajstić information content (AvgIpc) is 2.88. The predicted molar refractivity (Wildman–Crippen MR) is 67.5 cm³/mol. The molecule has 1 saturated carbocycles. The van der Waals surface area contributed by atoms with E-state index < -0.39 is 0 Å². The van der Waals surface area contributed by atoms with Gasteiger partial charge in [0.15, 0.2) is 0 Å². The summed E-state index contributed by atoms with van der Waals surface area (Å²) < 4.78 is 0. The molecule has 0 radical (unpaired) electrons. The third-order valence-corrected chi connectivity index (χ3v) is 5.27. The van der Waals surface area contributed by atoms with Gasteiger partial charge in [-0.15, -0.1) is 0 Å². The van der Waals surface area contributed by atoms with Crippen LogP contribution >= 0.6 is 0 Å². The molecule has 0 aromatic rings. The van der Waals surface area contributed by atoms with Gasteiger partial charge in [0, 0.05) is 12.6 Å². The van der Waals surface area contributed by atoms with Gasteiger partial charge in [-0.25, -0.2) is 0 Å². The average molecular weight is 222 g/mol. The number of hydrogen-bond acceptors (Lipinski definition) is 2. The highest BCUT2D eigenvalue weighted by atomic mass is 15.2. The van der Waals surface area contributed by atoms with Gasteiger partial charge in [0.25, 0.3) is 0 Å². The second-order valence-electron chi connectivity index (χ2n) is 6.29. The predicted octanol–water partition coefficient (Wildman–Crippen LogP) is 2.11. The molecule has 0 aromatic carbocycles. The third kappa shape index (κ3) is 2.02. The first-order valence-electron chi connectivity index (χ1n) is 7.29. The molecular formula is C14H26N2. The molecule has 2 saturated heterocycles. The summed E-state index contributed by atoms with van der Waals surface area (Å²) in [5, 5.41) is 3.54. The summed E-state index contributed by atoms with van der Waals surface area (Å²) in [5.41, 5.74) is 0. The monoisotopic (exact) mass is 222 g/mol. The molecular weight excluding hydrogens is 196 g/mol. The first kappa shape index (κ1) is 11.0. The van der Waals surface area contributed by atoms with Gasteiger partial charge in [0.1, 0.15) is 0 Å². The Morgan fingerprint density at radius 2 is 2.00 bits per heavy atom. The van der Waals surface area contributed by atoms with Crippen LogP contribution in [-0.4, -0.2) is 37.1 Å². The van der Waals surface area contributed by atoms with Gasteiger partial charge in [0.2, 0.25) is 0 Å². The van der Waals surface area contributed by atoms with Gasteiger partial charge in [0.05, 0.1) is 0 Å². The van der Waals surface area contributed by atoms with Crippen molar-refractivity contribution >= 4 is 0 Å². The van der Waals surface area contributed by atoms with Gasteiger partial charge >= 0.3 is 0 Å². The van der Waals surface area contributed by atoms with E-state index in [4.69, 9.17) is 0 Å². The summed E-state index contributed by atoms with van der Waals surface area (Å²) in [5.74, 6) is 2.86. The zero-order valence-electron chi connectivity index (χ0n) is 10.6. The van der Waals surface area contributed by atoms with Gasteiger partial charge in [-0.3, -0.25) is 4.90 Å². The maximum Gasteiger partial charge on any atom is 0.0124 e. The maximum absolute atomic E-state index is 3.54. The van der Waals surface area contributed by atoms with Crippen molar-refractivity contribution in [3.63, 3.8) is 0 Å². The Balaban J connectivity index is 1.58. The Hall–Kier alpha value is -0.0800. The van der Waals surface area contributed by atoms with Gasteiger partial charge < -0.3 is 5.32 Å². The summed E-state index contributed by atoms with van der Waals surface area (Å²) >= 11 is 0. The highest BCUT2D eigenvalue weighted by molar-refractivity contribution is 4.92. The van der Waals surface area contributed by atoms with E-state index in [2.05, 4.69) is 17.1 Å². The molecule has 1 aliphatic carbocycles. The molecule has 0 amide bonds. The SMILES string of the molecule is CC1CNCC1CN1CCC2CCCCC21. The van der Waals surface area contributed by atoms with Gasteiger partial charge in [-0.2, -0.15) is 0 Å². The fourth-order valence-electron chi connectivity index (χ4n) is 4.14. The van der Waals surface area contributed by atoms with Gasteiger partial charge in [-0.05, 0) is 56.7 Å².